The summed E-state index contributed by atoms with van der Waals surface area (Å²) in [6, 6.07) is 11.5. The number of hydrogen-bond donors (Lipinski definition) is 1. The lowest BCUT2D eigenvalue weighted by Gasteiger charge is -2.24. The molecule has 0 aromatic heterocycles. The molecular formula is C17H19BrN2O. The number of anilines is 2. The predicted molar refractivity (Wildman–Crippen MR) is 91.8 cm³/mol. The third-order valence-electron chi connectivity index (χ3n) is 3.61. The molecule has 0 fully saturated rings. The van der Waals surface area contributed by atoms with Gasteiger partial charge in [-0.05, 0) is 50.1 Å². The molecule has 110 valence electrons. The smallest absolute Gasteiger partial charge is 0.258 e. The van der Waals surface area contributed by atoms with E-state index < -0.39 is 0 Å². The minimum atomic E-state index is -0.0303. The fourth-order valence-corrected chi connectivity index (χ4v) is 2.83. The van der Waals surface area contributed by atoms with Crippen LogP contribution in [0.3, 0.4) is 0 Å². The first-order valence-electron chi connectivity index (χ1n) is 6.88. The first-order valence-corrected chi connectivity index (χ1v) is 7.68. The van der Waals surface area contributed by atoms with Crippen LogP contribution in [0.1, 0.15) is 28.4 Å². The number of benzene rings is 2. The first-order chi connectivity index (χ1) is 9.95. The molecule has 4 heteroatoms. The lowest BCUT2D eigenvalue weighted by Crippen LogP contribution is -2.32. The van der Waals surface area contributed by atoms with Gasteiger partial charge in [-0.2, -0.15) is 0 Å². The average Bonchev–Trinajstić information content (AvgIpc) is 2.45. The molecule has 0 atom stereocenters. The van der Waals surface area contributed by atoms with Crippen molar-refractivity contribution >= 4 is 33.2 Å². The van der Waals surface area contributed by atoms with Crippen LogP contribution in [-0.2, 0) is 0 Å². The van der Waals surface area contributed by atoms with Crippen molar-refractivity contribution in [2.24, 2.45) is 0 Å². The summed E-state index contributed by atoms with van der Waals surface area (Å²) in [5.41, 5.74) is 10.0. The number of nitrogens with two attached hydrogens (primary N) is 1. The van der Waals surface area contributed by atoms with Gasteiger partial charge in [-0.1, -0.05) is 34.1 Å². The summed E-state index contributed by atoms with van der Waals surface area (Å²) in [6.45, 7) is 6.46. The van der Waals surface area contributed by atoms with Crippen LogP contribution in [0.5, 0.6) is 0 Å². The maximum Gasteiger partial charge on any atom is 0.258 e. The van der Waals surface area contributed by atoms with Crippen LogP contribution in [0, 0.1) is 13.8 Å². The van der Waals surface area contributed by atoms with Crippen molar-refractivity contribution in [3.05, 3.63) is 57.6 Å². The Morgan fingerprint density at radius 1 is 1.24 bits per heavy atom. The first kappa shape index (κ1) is 15.6. The van der Waals surface area contributed by atoms with Crippen molar-refractivity contribution in [2.75, 3.05) is 17.2 Å². The summed E-state index contributed by atoms with van der Waals surface area (Å²) in [5, 5.41) is 0. The SMILES string of the molecule is CCN(C(=O)c1cc(Br)cc(N)c1C)c1ccccc1C. The van der Waals surface area contributed by atoms with Crippen LogP contribution in [0.2, 0.25) is 0 Å². The summed E-state index contributed by atoms with van der Waals surface area (Å²) < 4.78 is 0.815. The van der Waals surface area contributed by atoms with Gasteiger partial charge < -0.3 is 10.6 Å². The number of hydrogen-bond acceptors (Lipinski definition) is 2. The number of carbonyl (C=O) groups excluding carboxylic acids is 1. The van der Waals surface area contributed by atoms with Gasteiger partial charge in [-0.15, -0.1) is 0 Å². The molecule has 0 heterocycles. The number of amides is 1. The molecule has 0 bridgehead atoms. The van der Waals surface area contributed by atoms with Gasteiger partial charge in [0.2, 0.25) is 0 Å². The molecule has 0 unspecified atom stereocenters. The minimum Gasteiger partial charge on any atom is -0.398 e. The van der Waals surface area contributed by atoms with E-state index in [0.29, 0.717) is 17.8 Å². The van der Waals surface area contributed by atoms with Gasteiger partial charge in [-0.25, -0.2) is 0 Å². The maximum absolute atomic E-state index is 12.9. The van der Waals surface area contributed by atoms with Gasteiger partial charge in [0.1, 0.15) is 0 Å². The third kappa shape index (κ3) is 3.10. The second kappa shape index (κ2) is 6.31. The zero-order chi connectivity index (χ0) is 15.6. The fraction of sp³-hybridized carbons (Fsp3) is 0.235. The van der Waals surface area contributed by atoms with E-state index in [-0.39, 0.29) is 5.91 Å². The number of para-hydroxylation sites is 1. The normalized spacial score (nSPS) is 10.5. The molecule has 2 aromatic carbocycles. The van der Waals surface area contributed by atoms with E-state index in [4.69, 9.17) is 5.73 Å². The Hall–Kier alpha value is -1.81. The highest BCUT2D eigenvalue weighted by molar-refractivity contribution is 9.10. The molecule has 2 aromatic rings. The Balaban J connectivity index is 2.49. The van der Waals surface area contributed by atoms with Crippen LogP contribution in [0.15, 0.2) is 40.9 Å². The Morgan fingerprint density at radius 3 is 2.52 bits per heavy atom. The minimum absolute atomic E-state index is 0.0303. The summed E-state index contributed by atoms with van der Waals surface area (Å²) in [5.74, 6) is -0.0303. The zero-order valence-corrected chi connectivity index (χ0v) is 14.1. The maximum atomic E-state index is 12.9. The van der Waals surface area contributed by atoms with Crippen molar-refractivity contribution in [1.82, 2.24) is 0 Å². The van der Waals surface area contributed by atoms with Crippen LogP contribution >= 0.6 is 15.9 Å². The summed E-state index contributed by atoms with van der Waals surface area (Å²) in [4.78, 5) is 14.7. The quantitative estimate of drug-likeness (QED) is 0.841. The van der Waals surface area contributed by atoms with Crippen molar-refractivity contribution in [3.63, 3.8) is 0 Å². The van der Waals surface area contributed by atoms with Crippen LogP contribution in [-0.4, -0.2) is 12.5 Å². The highest BCUT2D eigenvalue weighted by atomic mass is 79.9. The molecule has 2 N–H and O–H groups in total. The van der Waals surface area contributed by atoms with Crippen molar-refractivity contribution < 1.29 is 4.79 Å². The van der Waals surface area contributed by atoms with E-state index >= 15 is 0 Å². The van der Waals surface area contributed by atoms with Crippen molar-refractivity contribution in [1.29, 1.82) is 0 Å². The molecule has 0 aliphatic rings. The van der Waals surface area contributed by atoms with Crippen LogP contribution < -0.4 is 10.6 Å². The van der Waals surface area contributed by atoms with Gasteiger partial charge in [0.05, 0.1) is 0 Å². The van der Waals surface area contributed by atoms with Crippen molar-refractivity contribution in [2.45, 2.75) is 20.8 Å². The Labute approximate surface area is 133 Å². The molecule has 0 saturated carbocycles. The molecular weight excluding hydrogens is 328 g/mol. The molecule has 21 heavy (non-hydrogen) atoms. The van der Waals surface area contributed by atoms with Gasteiger partial charge >= 0.3 is 0 Å². The number of rotatable bonds is 3. The second-order valence-corrected chi connectivity index (χ2v) is 5.92. The van der Waals surface area contributed by atoms with E-state index in [0.717, 1.165) is 21.3 Å². The summed E-state index contributed by atoms with van der Waals surface area (Å²) in [6.07, 6.45) is 0. The van der Waals surface area contributed by atoms with Crippen LogP contribution in [0.25, 0.3) is 0 Å². The van der Waals surface area contributed by atoms with E-state index in [1.807, 2.05) is 57.2 Å². The van der Waals surface area contributed by atoms with E-state index in [9.17, 15) is 4.79 Å². The molecule has 1 amide bonds. The van der Waals surface area contributed by atoms with E-state index in [1.165, 1.54) is 0 Å². The lowest BCUT2D eigenvalue weighted by molar-refractivity contribution is 0.0987. The lowest BCUT2D eigenvalue weighted by atomic mass is 10.0. The topological polar surface area (TPSA) is 46.3 Å². The summed E-state index contributed by atoms with van der Waals surface area (Å²) >= 11 is 3.41. The number of halogens is 1. The molecule has 0 saturated heterocycles. The molecule has 0 radical (unpaired) electrons. The molecule has 2 rings (SSSR count). The number of carbonyl (C=O) groups is 1. The molecule has 0 aliphatic carbocycles. The number of aryl methyl sites for hydroxylation is 1. The van der Waals surface area contributed by atoms with E-state index in [1.54, 1.807) is 4.90 Å². The second-order valence-electron chi connectivity index (χ2n) is 5.00. The molecule has 3 nitrogen and oxygen atoms in total. The van der Waals surface area contributed by atoms with Gasteiger partial charge in [0.25, 0.3) is 5.91 Å². The standard InChI is InChI=1S/C17H19BrN2O/c1-4-20(16-8-6-5-7-11(16)2)17(21)14-9-13(18)10-15(19)12(14)3/h5-10H,4,19H2,1-3H3. The Bertz CT molecular complexity index is 682. The molecule has 0 aliphatic heterocycles. The van der Waals surface area contributed by atoms with Crippen molar-refractivity contribution in [3.8, 4) is 0 Å². The largest absolute Gasteiger partial charge is 0.398 e. The number of nitrogens with zero attached hydrogens (tertiary/aromatic N) is 1. The van der Waals surface area contributed by atoms with Gasteiger partial charge in [0, 0.05) is 28.0 Å². The average molecular weight is 347 g/mol. The highest BCUT2D eigenvalue weighted by Crippen LogP contribution is 2.27. The predicted octanol–water partition coefficient (Wildman–Crippen LogP) is 4.31. The zero-order valence-electron chi connectivity index (χ0n) is 12.5. The van der Waals surface area contributed by atoms with Gasteiger partial charge in [-0.3, -0.25) is 4.79 Å². The monoisotopic (exact) mass is 346 g/mol. The fourth-order valence-electron chi connectivity index (χ4n) is 2.36. The van der Waals surface area contributed by atoms with E-state index in [2.05, 4.69) is 15.9 Å². The Kier molecular flexibility index (Phi) is 4.68. The highest BCUT2D eigenvalue weighted by Gasteiger charge is 2.20. The summed E-state index contributed by atoms with van der Waals surface area (Å²) in [7, 11) is 0. The van der Waals surface area contributed by atoms with Crippen LogP contribution in [0.4, 0.5) is 11.4 Å². The molecule has 0 spiro atoms. The third-order valence-corrected chi connectivity index (χ3v) is 4.07. The number of nitrogen functional groups attached to an aromatic ring is 1. The van der Waals surface area contributed by atoms with Gasteiger partial charge in [0.15, 0.2) is 0 Å². The Morgan fingerprint density at radius 2 is 1.90 bits per heavy atom.